The molecule has 0 saturated heterocycles. The van der Waals surface area contributed by atoms with Gasteiger partial charge in [0.2, 0.25) is 5.95 Å². The van der Waals surface area contributed by atoms with Crippen LogP contribution in [0.2, 0.25) is 0 Å². The smallest absolute Gasteiger partial charge is 0.323 e. The van der Waals surface area contributed by atoms with Crippen molar-refractivity contribution in [2.24, 2.45) is 5.92 Å². The van der Waals surface area contributed by atoms with Gasteiger partial charge in [-0.05, 0) is 31.6 Å². The summed E-state index contributed by atoms with van der Waals surface area (Å²) in [5.74, 6) is 1.20. The van der Waals surface area contributed by atoms with E-state index in [-0.39, 0.29) is 18.1 Å². The molecule has 0 unspecified atom stereocenters. The van der Waals surface area contributed by atoms with Crippen LogP contribution in [0.5, 0.6) is 6.01 Å². The molecular weight excluding hydrogens is 258 g/mol. The normalized spacial score (nSPS) is 22.6. The third-order valence-electron chi connectivity index (χ3n) is 3.48. The van der Waals surface area contributed by atoms with E-state index in [1.54, 1.807) is 0 Å². The lowest BCUT2D eigenvalue weighted by Crippen LogP contribution is -2.24. The third kappa shape index (κ3) is 2.84. The second-order valence-electron chi connectivity index (χ2n) is 5.12. The Labute approximate surface area is 116 Å². The van der Waals surface area contributed by atoms with Crippen LogP contribution < -0.4 is 10.5 Å². The van der Waals surface area contributed by atoms with E-state index in [4.69, 9.17) is 10.5 Å². The fourth-order valence-corrected chi connectivity index (χ4v) is 2.32. The van der Waals surface area contributed by atoms with E-state index < -0.39 is 0 Å². The molecule has 8 nitrogen and oxygen atoms in total. The van der Waals surface area contributed by atoms with E-state index in [0.29, 0.717) is 5.95 Å². The quantitative estimate of drug-likeness (QED) is 0.890. The second-order valence-corrected chi connectivity index (χ2v) is 5.12. The Morgan fingerprint density at radius 1 is 1.20 bits per heavy atom. The molecule has 0 atom stereocenters. The summed E-state index contributed by atoms with van der Waals surface area (Å²) < 4.78 is 7.24. The minimum absolute atomic E-state index is 0.115. The molecule has 1 aliphatic carbocycles. The lowest BCUT2D eigenvalue weighted by molar-refractivity contribution is 0.124. The highest BCUT2D eigenvalue weighted by Gasteiger charge is 2.21. The molecule has 1 fully saturated rings. The van der Waals surface area contributed by atoms with Gasteiger partial charge in [-0.2, -0.15) is 24.7 Å². The van der Waals surface area contributed by atoms with Gasteiger partial charge in [0.15, 0.2) is 0 Å². The molecule has 106 valence electrons. The van der Waals surface area contributed by atoms with Crippen molar-refractivity contribution in [2.75, 3.05) is 5.73 Å². The van der Waals surface area contributed by atoms with Gasteiger partial charge >= 0.3 is 6.01 Å². The van der Waals surface area contributed by atoms with E-state index in [9.17, 15) is 0 Å². The minimum Gasteiger partial charge on any atom is -0.460 e. The number of aromatic nitrogens is 6. The molecule has 0 aromatic carbocycles. The number of nitrogens with two attached hydrogens (primary N) is 1. The van der Waals surface area contributed by atoms with Crippen molar-refractivity contribution in [3.05, 3.63) is 12.7 Å². The third-order valence-corrected chi connectivity index (χ3v) is 3.48. The summed E-state index contributed by atoms with van der Waals surface area (Å²) in [4.78, 5) is 16.1. The number of hydrogen-bond donors (Lipinski definition) is 1. The summed E-state index contributed by atoms with van der Waals surface area (Å²) in [5.41, 5.74) is 5.69. The molecule has 8 heteroatoms. The topological polar surface area (TPSA) is 105 Å². The standard InChI is InChI=1S/C12H17N7O/c1-8-2-4-9(5-3-8)20-12-17-10(13)16-11(18-12)19-7-14-6-15-19/h6-9H,2-5H2,1H3,(H2,13,16,17,18). The van der Waals surface area contributed by atoms with Crippen molar-refractivity contribution >= 4 is 5.95 Å². The molecule has 2 heterocycles. The van der Waals surface area contributed by atoms with Crippen LogP contribution in [-0.4, -0.2) is 35.8 Å². The Hall–Kier alpha value is -2.25. The number of nitrogens with zero attached hydrogens (tertiary/aromatic N) is 6. The van der Waals surface area contributed by atoms with Crippen LogP contribution in [0.15, 0.2) is 12.7 Å². The Bertz CT molecular complexity index is 563. The molecule has 2 N–H and O–H groups in total. The summed E-state index contributed by atoms with van der Waals surface area (Å²) in [7, 11) is 0. The summed E-state index contributed by atoms with van der Waals surface area (Å²) in [6.45, 7) is 2.26. The fourth-order valence-electron chi connectivity index (χ4n) is 2.32. The molecule has 3 rings (SSSR count). The molecule has 0 amide bonds. The summed E-state index contributed by atoms with van der Waals surface area (Å²) in [6.07, 6.45) is 7.43. The van der Waals surface area contributed by atoms with Crippen molar-refractivity contribution in [1.29, 1.82) is 0 Å². The average molecular weight is 275 g/mol. The Morgan fingerprint density at radius 2 is 2.00 bits per heavy atom. The number of rotatable bonds is 3. The van der Waals surface area contributed by atoms with Gasteiger partial charge in [0.25, 0.3) is 5.95 Å². The molecule has 2 aromatic heterocycles. The summed E-state index contributed by atoms with van der Waals surface area (Å²) >= 11 is 0. The first-order valence-electron chi connectivity index (χ1n) is 6.74. The maximum atomic E-state index is 5.82. The minimum atomic E-state index is 0.115. The first kappa shape index (κ1) is 12.8. The van der Waals surface area contributed by atoms with Gasteiger partial charge in [0.05, 0.1) is 0 Å². The number of hydrogen-bond acceptors (Lipinski definition) is 7. The molecule has 2 aromatic rings. The molecule has 0 spiro atoms. The lowest BCUT2D eigenvalue weighted by Gasteiger charge is -2.25. The molecule has 1 saturated carbocycles. The first-order valence-corrected chi connectivity index (χ1v) is 6.74. The van der Waals surface area contributed by atoms with Gasteiger partial charge in [0, 0.05) is 0 Å². The highest BCUT2D eigenvalue weighted by Crippen LogP contribution is 2.26. The van der Waals surface area contributed by atoms with Crippen molar-refractivity contribution in [3.63, 3.8) is 0 Å². The number of nitrogen functional groups attached to an aromatic ring is 1. The number of ether oxygens (including phenoxy) is 1. The Kier molecular flexibility index (Phi) is 3.44. The van der Waals surface area contributed by atoms with E-state index >= 15 is 0 Å². The van der Waals surface area contributed by atoms with E-state index in [1.807, 2.05) is 0 Å². The van der Waals surface area contributed by atoms with Gasteiger partial charge in [-0.3, -0.25) is 0 Å². The first-order chi connectivity index (χ1) is 9.70. The van der Waals surface area contributed by atoms with Crippen LogP contribution in [-0.2, 0) is 0 Å². The predicted molar refractivity (Wildman–Crippen MR) is 71.2 cm³/mol. The zero-order chi connectivity index (χ0) is 13.9. The molecule has 20 heavy (non-hydrogen) atoms. The van der Waals surface area contributed by atoms with Crippen LogP contribution in [0.3, 0.4) is 0 Å². The molecule has 1 aliphatic rings. The van der Waals surface area contributed by atoms with E-state index in [2.05, 4.69) is 32.0 Å². The number of anilines is 1. The van der Waals surface area contributed by atoms with E-state index in [1.165, 1.54) is 30.2 Å². The maximum absolute atomic E-state index is 5.82. The fraction of sp³-hybridized carbons (Fsp3) is 0.583. The zero-order valence-corrected chi connectivity index (χ0v) is 11.3. The molecule has 0 radical (unpaired) electrons. The van der Waals surface area contributed by atoms with E-state index in [0.717, 1.165) is 18.8 Å². The Morgan fingerprint density at radius 3 is 2.70 bits per heavy atom. The van der Waals surface area contributed by atoms with Crippen LogP contribution >= 0.6 is 0 Å². The van der Waals surface area contributed by atoms with Crippen molar-refractivity contribution < 1.29 is 4.74 Å². The molecule has 0 aliphatic heterocycles. The van der Waals surface area contributed by atoms with Gasteiger partial charge in [0.1, 0.15) is 18.8 Å². The zero-order valence-electron chi connectivity index (χ0n) is 11.3. The Balaban J connectivity index is 1.76. The van der Waals surface area contributed by atoms with Crippen LogP contribution in [0, 0.1) is 5.92 Å². The highest BCUT2D eigenvalue weighted by molar-refractivity contribution is 5.24. The van der Waals surface area contributed by atoms with Gasteiger partial charge in [-0.15, -0.1) is 0 Å². The van der Waals surface area contributed by atoms with Crippen LogP contribution in [0.25, 0.3) is 5.95 Å². The van der Waals surface area contributed by atoms with Crippen LogP contribution in [0.4, 0.5) is 5.95 Å². The second kappa shape index (κ2) is 5.40. The highest BCUT2D eigenvalue weighted by atomic mass is 16.5. The van der Waals surface area contributed by atoms with Gasteiger partial charge in [-0.25, -0.2) is 4.98 Å². The van der Waals surface area contributed by atoms with Gasteiger partial charge in [-0.1, -0.05) is 6.92 Å². The van der Waals surface area contributed by atoms with Crippen molar-refractivity contribution in [3.8, 4) is 12.0 Å². The molecular formula is C12H17N7O. The summed E-state index contributed by atoms with van der Waals surface area (Å²) in [5, 5.41) is 3.97. The largest absolute Gasteiger partial charge is 0.460 e. The average Bonchev–Trinajstić information content (AvgIpc) is 2.95. The van der Waals surface area contributed by atoms with Crippen LogP contribution in [0.1, 0.15) is 32.6 Å². The lowest BCUT2D eigenvalue weighted by atomic mass is 9.89. The van der Waals surface area contributed by atoms with Gasteiger partial charge < -0.3 is 10.5 Å². The predicted octanol–water partition coefficient (Wildman–Crippen LogP) is 0.992. The molecule has 0 bridgehead atoms. The maximum Gasteiger partial charge on any atom is 0.323 e. The van der Waals surface area contributed by atoms with Crippen molar-refractivity contribution in [2.45, 2.75) is 38.7 Å². The van der Waals surface area contributed by atoms with Crippen molar-refractivity contribution in [1.82, 2.24) is 29.7 Å². The monoisotopic (exact) mass is 275 g/mol. The summed E-state index contributed by atoms with van der Waals surface area (Å²) in [6, 6.07) is 0.252. The SMILES string of the molecule is CC1CCC(Oc2nc(N)nc(-n3cncn3)n2)CC1.